The Morgan fingerprint density at radius 3 is 1.18 bits per heavy atom. The maximum absolute atomic E-state index is 12.4. The lowest BCUT2D eigenvalue weighted by Gasteiger charge is -2.19. The molecule has 0 radical (unpaired) electrons. The number of allylic oxidation sites excluding steroid dienone is 3. The highest BCUT2D eigenvalue weighted by Crippen LogP contribution is 2.16. The Balaban J connectivity index is 3.56. The number of rotatable bonds is 40. The van der Waals surface area contributed by atoms with Gasteiger partial charge in [0.05, 0.1) is 18.8 Å². The molecule has 0 bridgehead atoms. The summed E-state index contributed by atoms with van der Waals surface area (Å²) >= 11 is 0. The van der Waals surface area contributed by atoms with Crippen LogP contribution in [0.2, 0.25) is 0 Å². The summed E-state index contributed by atoms with van der Waals surface area (Å²) in [5, 5.41) is 23.0. The van der Waals surface area contributed by atoms with Gasteiger partial charge >= 0.3 is 0 Å². The maximum Gasteiger partial charge on any atom is 0.220 e. The highest BCUT2D eigenvalue weighted by Gasteiger charge is 2.17. The molecule has 0 saturated heterocycles. The van der Waals surface area contributed by atoms with Crippen LogP contribution in [0.1, 0.15) is 239 Å². The van der Waals surface area contributed by atoms with Crippen LogP contribution in [0.4, 0.5) is 0 Å². The van der Waals surface area contributed by atoms with E-state index in [-0.39, 0.29) is 12.5 Å². The number of hydrogen-bond acceptors (Lipinski definition) is 3. The van der Waals surface area contributed by atoms with Gasteiger partial charge < -0.3 is 15.5 Å². The van der Waals surface area contributed by atoms with Crippen molar-refractivity contribution in [2.45, 2.75) is 251 Å². The van der Waals surface area contributed by atoms with E-state index >= 15 is 0 Å². The van der Waals surface area contributed by atoms with Gasteiger partial charge in [-0.25, -0.2) is 0 Å². The summed E-state index contributed by atoms with van der Waals surface area (Å²) in [5.74, 6) is -0.0702. The molecule has 0 aliphatic carbocycles. The van der Waals surface area contributed by atoms with Gasteiger partial charge in [0.15, 0.2) is 0 Å². The number of hydrogen-bond donors (Lipinski definition) is 3. The summed E-state index contributed by atoms with van der Waals surface area (Å²) in [4.78, 5) is 12.4. The maximum atomic E-state index is 12.4. The number of aliphatic hydroxyl groups excluding tert-OH is 2. The molecule has 0 aromatic carbocycles. The van der Waals surface area contributed by atoms with E-state index in [1.807, 2.05) is 6.08 Å². The quantitative estimate of drug-likeness (QED) is 0.0443. The molecule has 49 heavy (non-hydrogen) atoms. The Kier molecular flexibility index (Phi) is 40.3. The molecular formula is C45H87NO3. The standard InChI is InChI=1S/C45H87NO3/c1-3-5-7-9-11-13-15-17-19-21-22-23-24-25-27-29-31-33-35-37-39-41-45(49)46-43(42-47)44(48)40-38-36-34-32-30-28-26-20-18-16-14-12-10-8-6-4-2/h30,32,38,40,43-44,47-48H,3-29,31,33-37,39,41-42H2,1-2H3,(H,46,49)/b32-30+,40-38+. The Bertz CT molecular complexity index is 705. The highest BCUT2D eigenvalue weighted by molar-refractivity contribution is 5.76. The van der Waals surface area contributed by atoms with Crippen molar-refractivity contribution in [2.75, 3.05) is 6.61 Å². The first-order valence-corrected chi connectivity index (χ1v) is 22.1. The first-order chi connectivity index (χ1) is 24.2. The average molecular weight is 690 g/mol. The minimum absolute atomic E-state index is 0.0702. The number of carbonyl (C=O) groups is 1. The lowest BCUT2D eigenvalue weighted by atomic mass is 10.0. The Labute approximate surface area is 307 Å². The van der Waals surface area contributed by atoms with Gasteiger partial charge in [-0.15, -0.1) is 0 Å². The SMILES string of the molecule is CCCCCCCCCCCC/C=C/CC/C=C/C(O)C(CO)NC(=O)CCCCCCCCCCCCCCCCCCCCCCC. The number of carbonyl (C=O) groups excluding carboxylic acids is 1. The zero-order valence-electron chi connectivity index (χ0n) is 33.2. The molecule has 4 nitrogen and oxygen atoms in total. The molecule has 4 heteroatoms. The van der Waals surface area contributed by atoms with Gasteiger partial charge in [-0.2, -0.15) is 0 Å². The Morgan fingerprint density at radius 2 is 0.796 bits per heavy atom. The molecule has 0 aliphatic rings. The minimum atomic E-state index is -0.857. The van der Waals surface area contributed by atoms with Gasteiger partial charge in [-0.05, 0) is 32.1 Å². The molecule has 3 N–H and O–H groups in total. The topological polar surface area (TPSA) is 69.6 Å². The predicted molar refractivity (Wildman–Crippen MR) is 216 cm³/mol. The Morgan fingerprint density at radius 1 is 0.469 bits per heavy atom. The smallest absolute Gasteiger partial charge is 0.220 e. The summed E-state index contributed by atoms with van der Waals surface area (Å²) < 4.78 is 0. The van der Waals surface area contributed by atoms with E-state index in [2.05, 4.69) is 31.3 Å². The number of aliphatic hydroxyl groups is 2. The predicted octanol–water partition coefficient (Wildman–Crippen LogP) is 13.6. The first-order valence-electron chi connectivity index (χ1n) is 22.1. The second kappa shape index (κ2) is 41.3. The second-order valence-corrected chi connectivity index (χ2v) is 15.1. The number of amides is 1. The third kappa shape index (κ3) is 37.9. The molecule has 0 spiro atoms. The second-order valence-electron chi connectivity index (χ2n) is 15.1. The van der Waals surface area contributed by atoms with E-state index < -0.39 is 12.1 Å². The summed E-state index contributed by atoms with van der Waals surface area (Å²) in [6.45, 7) is 4.31. The van der Waals surface area contributed by atoms with Crippen molar-refractivity contribution < 1.29 is 15.0 Å². The van der Waals surface area contributed by atoms with Crippen molar-refractivity contribution in [1.82, 2.24) is 5.32 Å². The fourth-order valence-electron chi connectivity index (χ4n) is 6.78. The summed E-state index contributed by atoms with van der Waals surface area (Å²) in [7, 11) is 0. The van der Waals surface area contributed by atoms with Crippen molar-refractivity contribution in [3.05, 3.63) is 24.3 Å². The monoisotopic (exact) mass is 690 g/mol. The summed E-state index contributed by atoms with van der Waals surface area (Å²) in [6.07, 6.45) is 52.9. The third-order valence-electron chi connectivity index (χ3n) is 10.2. The lowest BCUT2D eigenvalue weighted by Crippen LogP contribution is -2.45. The van der Waals surface area contributed by atoms with Crippen LogP contribution in [0, 0.1) is 0 Å². The van der Waals surface area contributed by atoms with E-state index in [9.17, 15) is 15.0 Å². The zero-order valence-corrected chi connectivity index (χ0v) is 33.2. The lowest BCUT2D eigenvalue weighted by molar-refractivity contribution is -0.123. The van der Waals surface area contributed by atoms with Crippen molar-refractivity contribution in [1.29, 1.82) is 0 Å². The van der Waals surface area contributed by atoms with Gasteiger partial charge in [0.25, 0.3) is 0 Å². The molecule has 0 rings (SSSR count). The van der Waals surface area contributed by atoms with Crippen LogP contribution in [-0.4, -0.2) is 34.9 Å². The molecular weight excluding hydrogens is 602 g/mol. The Hall–Kier alpha value is -1.13. The first kappa shape index (κ1) is 47.9. The molecule has 2 atom stereocenters. The van der Waals surface area contributed by atoms with Crippen molar-refractivity contribution in [3.8, 4) is 0 Å². The number of unbranched alkanes of at least 4 members (excludes halogenated alkanes) is 31. The largest absolute Gasteiger partial charge is 0.394 e. The van der Waals surface area contributed by atoms with Crippen LogP contribution in [0.5, 0.6) is 0 Å². The van der Waals surface area contributed by atoms with E-state index in [1.165, 1.54) is 186 Å². The van der Waals surface area contributed by atoms with Crippen LogP contribution in [0.15, 0.2) is 24.3 Å². The highest BCUT2D eigenvalue weighted by atomic mass is 16.3. The van der Waals surface area contributed by atoms with Crippen molar-refractivity contribution >= 4 is 5.91 Å². The van der Waals surface area contributed by atoms with Gasteiger partial charge in [0.2, 0.25) is 5.91 Å². The minimum Gasteiger partial charge on any atom is -0.394 e. The van der Waals surface area contributed by atoms with Crippen LogP contribution in [0.3, 0.4) is 0 Å². The van der Waals surface area contributed by atoms with Gasteiger partial charge in [0.1, 0.15) is 0 Å². The van der Waals surface area contributed by atoms with Gasteiger partial charge in [-0.3, -0.25) is 4.79 Å². The molecule has 0 aromatic rings. The fraction of sp³-hybridized carbons (Fsp3) is 0.889. The molecule has 2 unspecified atom stereocenters. The normalized spacial score (nSPS) is 13.1. The molecule has 290 valence electrons. The fourth-order valence-corrected chi connectivity index (χ4v) is 6.78. The molecule has 1 amide bonds. The van der Waals surface area contributed by atoms with Crippen LogP contribution in [-0.2, 0) is 4.79 Å². The molecule has 0 fully saturated rings. The third-order valence-corrected chi connectivity index (χ3v) is 10.2. The van der Waals surface area contributed by atoms with Gasteiger partial charge in [-0.1, -0.05) is 224 Å². The van der Waals surface area contributed by atoms with E-state index in [0.29, 0.717) is 6.42 Å². The van der Waals surface area contributed by atoms with Crippen molar-refractivity contribution in [2.24, 2.45) is 0 Å². The molecule has 0 aromatic heterocycles. The number of nitrogens with one attached hydrogen (secondary N) is 1. The van der Waals surface area contributed by atoms with E-state index in [4.69, 9.17) is 0 Å². The molecule has 0 aliphatic heterocycles. The van der Waals surface area contributed by atoms with Gasteiger partial charge in [0, 0.05) is 6.42 Å². The van der Waals surface area contributed by atoms with Crippen LogP contribution >= 0.6 is 0 Å². The summed E-state index contributed by atoms with van der Waals surface area (Å²) in [6, 6.07) is -0.634. The average Bonchev–Trinajstić information content (AvgIpc) is 3.10. The molecule has 0 saturated carbocycles. The van der Waals surface area contributed by atoms with Crippen LogP contribution in [0.25, 0.3) is 0 Å². The van der Waals surface area contributed by atoms with Crippen LogP contribution < -0.4 is 5.32 Å². The van der Waals surface area contributed by atoms with E-state index in [0.717, 1.165) is 32.1 Å². The molecule has 0 heterocycles. The zero-order chi connectivity index (χ0) is 35.7. The van der Waals surface area contributed by atoms with Crippen molar-refractivity contribution in [3.63, 3.8) is 0 Å². The van der Waals surface area contributed by atoms with E-state index in [1.54, 1.807) is 6.08 Å². The summed E-state index contributed by atoms with van der Waals surface area (Å²) in [5.41, 5.74) is 0.